The average molecular weight is 397 g/mol. The molecule has 4 rings (SSSR count). The van der Waals surface area contributed by atoms with Crippen molar-refractivity contribution in [1.29, 1.82) is 0 Å². The van der Waals surface area contributed by atoms with Crippen LogP contribution in [0, 0.1) is 0 Å². The highest BCUT2D eigenvalue weighted by Crippen LogP contribution is 2.24. The van der Waals surface area contributed by atoms with E-state index in [4.69, 9.17) is 10.1 Å². The van der Waals surface area contributed by atoms with Crippen LogP contribution in [0.15, 0.2) is 23.0 Å². The van der Waals surface area contributed by atoms with Crippen molar-refractivity contribution in [2.45, 2.75) is 70.4 Å². The quantitative estimate of drug-likeness (QED) is 0.856. The van der Waals surface area contributed by atoms with Gasteiger partial charge in [-0.15, -0.1) is 0 Å². The number of aryl methyl sites for hydroxylation is 1. The maximum Gasteiger partial charge on any atom is 0.303 e. The molecule has 1 aromatic carbocycles. The van der Waals surface area contributed by atoms with Crippen LogP contribution in [0.2, 0.25) is 0 Å². The molecule has 1 atom stereocenters. The third kappa shape index (κ3) is 4.04. The van der Waals surface area contributed by atoms with Gasteiger partial charge < -0.3 is 10.0 Å². The van der Waals surface area contributed by atoms with Crippen LogP contribution in [0.1, 0.15) is 67.5 Å². The van der Waals surface area contributed by atoms with Gasteiger partial charge in [0.2, 0.25) is 0 Å². The summed E-state index contributed by atoms with van der Waals surface area (Å²) < 4.78 is 1.78. The van der Waals surface area contributed by atoms with Gasteiger partial charge in [0, 0.05) is 37.5 Å². The maximum absolute atomic E-state index is 13.2. The smallest absolute Gasteiger partial charge is 0.303 e. The number of fused-ring (bicyclic) bond motifs is 2. The predicted molar refractivity (Wildman–Crippen MR) is 109 cm³/mol. The van der Waals surface area contributed by atoms with Crippen molar-refractivity contribution in [3.8, 4) is 0 Å². The molecule has 0 bridgehead atoms. The fourth-order valence-electron chi connectivity index (χ4n) is 4.58. The van der Waals surface area contributed by atoms with E-state index in [0.717, 1.165) is 50.8 Å². The Morgan fingerprint density at radius 2 is 1.93 bits per heavy atom. The minimum absolute atomic E-state index is 0.0248. The predicted octanol–water partition coefficient (Wildman–Crippen LogP) is 2.98. The van der Waals surface area contributed by atoms with E-state index in [1.807, 2.05) is 4.90 Å². The molecule has 1 unspecified atom stereocenters. The van der Waals surface area contributed by atoms with Gasteiger partial charge in [0.25, 0.3) is 11.5 Å². The van der Waals surface area contributed by atoms with Crippen LogP contribution in [0.25, 0.3) is 10.9 Å². The molecule has 0 spiro atoms. The molecule has 0 radical (unpaired) electrons. The molecule has 0 saturated carbocycles. The van der Waals surface area contributed by atoms with Gasteiger partial charge in [-0.1, -0.05) is 6.42 Å². The van der Waals surface area contributed by atoms with E-state index in [0.29, 0.717) is 36.0 Å². The zero-order chi connectivity index (χ0) is 20.4. The van der Waals surface area contributed by atoms with Crippen molar-refractivity contribution in [3.05, 3.63) is 39.9 Å². The molecule has 3 heterocycles. The van der Waals surface area contributed by atoms with Crippen molar-refractivity contribution in [1.82, 2.24) is 14.5 Å². The van der Waals surface area contributed by atoms with Gasteiger partial charge in [0.05, 0.1) is 10.9 Å². The second kappa shape index (κ2) is 8.35. The van der Waals surface area contributed by atoms with Crippen LogP contribution >= 0.6 is 0 Å². The molecule has 154 valence electrons. The number of carbonyl (C=O) groups excluding carboxylic acids is 1. The maximum atomic E-state index is 13.2. The van der Waals surface area contributed by atoms with Gasteiger partial charge in [-0.2, -0.15) is 0 Å². The van der Waals surface area contributed by atoms with E-state index in [-0.39, 0.29) is 23.9 Å². The molecule has 1 saturated heterocycles. The van der Waals surface area contributed by atoms with Gasteiger partial charge in [-0.3, -0.25) is 19.0 Å². The number of piperidine rings is 1. The molecule has 2 aromatic rings. The number of carbonyl (C=O) groups is 2. The van der Waals surface area contributed by atoms with Gasteiger partial charge in [0.1, 0.15) is 5.82 Å². The molecule has 7 heteroatoms. The van der Waals surface area contributed by atoms with Crippen LogP contribution < -0.4 is 5.56 Å². The lowest BCUT2D eigenvalue weighted by Crippen LogP contribution is -2.44. The third-order valence-electron chi connectivity index (χ3n) is 6.14. The number of aromatic nitrogens is 2. The molecular weight excluding hydrogens is 370 g/mol. The number of hydrogen-bond acceptors (Lipinski definition) is 4. The molecule has 1 N–H and O–H groups in total. The van der Waals surface area contributed by atoms with Crippen LogP contribution in [-0.2, 0) is 17.8 Å². The highest BCUT2D eigenvalue weighted by Gasteiger charge is 2.28. The molecule has 2 aliphatic rings. The molecule has 1 aromatic heterocycles. The molecule has 0 aliphatic carbocycles. The number of rotatable bonds is 4. The lowest BCUT2D eigenvalue weighted by atomic mass is 9.96. The number of carboxylic acid groups (broad SMARTS) is 1. The Labute approximate surface area is 169 Å². The first-order valence-corrected chi connectivity index (χ1v) is 10.6. The number of hydrogen-bond donors (Lipinski definition) is 1. The summed E-state index contributed by atoms with van der Waals surface area (Å²) in [6.07, 6.45) is 7.20. The largest absolute Gasteiger partial charge is 0.481 e. The van der Waals surface area contributed by atoms with Gasteiger partial charge >= 0.3 is 5.97 Å². The number of likely N-dealkylation sites (tertiary alicyclic amines) is 1. The summed E-state index contributed by atoms with van der Waals surface area (Å²) in [6.45, 7) is 1.35. The van der Waals surface area contributed by atoms with E-state index in [1.54, 1.807) is 22.8 Å². The molecule has 7 nitrogen and oxygen atoms in total. The Balaban J connectivity index is 1.65. The first kappa shape index (κ1) is 19.6. The van der Waals surface area contributed by atoms with Crippen LogP contribution in [0.3, 0.4) is 0 Å². The molecule has 1 amide bonds. The summed E-state index contributed by atoms with van der Waals surface area (Å²) in [6, 6.07) is 5.11. The topological polar surface area (TPSA) is 92.5 Å². The Kier molecular flexibility index (Phi) is 5.65. The van der Waals surface area contributed by atoms with Crippen molar-refractivity contribution in [3.63, 3.8) is 0 Å². The minimum Gasteiger partial charge on any atom is -0.481 e. The first-order chi connectivity index (χ1) is 14.0. The highest BCUT2D eigenvalue weighted by atomic mass is 16.4. The van der Waals surface area contributed by atoms with Crippen molar-refractivity contribution < 1.29 is 14.7 Å². The van der Waals surface area contributed by atoms with E-state index in [2.05, 4.69) is 0 Å². The number of benzene rings is 1. The Morgan fingerprint density at radius 1 is 1.10 bits per heavy atom. The van der Waals surface area contributed by atoms with E-state index in [9.17, 15) is 14.4 Å². The number of carboxylic acids is 1. The van der Waals surface area contributed by atoms with Gasteiger partial charge in [-0.05, 0) is 56.7 Å². The number of amides is 1. The van der Waals surface area contributed by atoms with Crippen molar-refractivity contribution in [2.24, 2.45) is 0 Å². The SMILES string of the molecule is O=C(O)CCC1CCCCN1C(=O)c1ccc2c(=O)n3c(nc2c1)CCCCC3. The second-order valence-electron chi connectivity index (χ2n) is 8.11. The number of aliphatic carboxylic acids is 1. The third-order valence-corrected chi connectivity index (χ3v) is 6.14. The van der Waals surface area contributed by atoms with Gasteiger partial charge in [0.15, 0.2) is 0 Å². The monoisotopic (exact) mass is 397 g/mol. The summed E-state index contributed by atoms with van der Waals surface area (Å²) in [5.41, 5.74) is 1.07. The average Bonchev–Trinajstić information content (AvgIpc) is 2.97. The van der Waals surface area contributed by atoms with Crippen LogP contribution in [0.4, 0.5) is 0 Å². The summed E-state index contributed by atoms with van der Waals surface area (Å²) in [4.78, 5) is 43.6. The molecule has 1 fully saturated rings. The standard InChI is InChI=1S/C22H27N3O4/c26-20(27)11-9-16-6-3-5-12-24(16)21(28)15-8-10-17-18(14-15)23-19-7-2-1-4-13-25(19)22(17)29/h8,10,14,16H,1-7,9,11-13H2,(H,26,27). The highest BCUT2D eigenvalue weighted by molar-refractivity contribution is 5.98. The summed E-state index contributed by atoms with van der Waals surface area (Å²) in [5.74, 6) is -0.125. The summed E-state index contributed by atoms with van der Waals surface area (Å²) in [5, 5.41) is 9.55. The van der Waals surface area contributed by atoms with Crippen molar-refractivity contribution in [2.75, 3.05) is 6.54 Å². The lowest BCUT2D eigenvalue weighted by Gasteiger charge is -2.35. The molecule has 2 aliphatic heterocycles. The first-order valence-electron chi connectivity index (χ1n) is 10.6. The fourth-order valence-corrected chi connectivity index (χ4v) is 4.58. The summed E-state index contributed by atoms with van der Waals surface area (Å²) in [7, 11) is 0. The zero-order valence-electron chi connectivity index (χ0n) is 16.6. The van der Waals surface area contributed by atoms with Crippen molar-refractivity contribution >= 4 is 22.8 Å². The fraction of sp³-hybridized carbons (Fsp3) is 0.545. The van der Waals surface area contributed by atoms with E-state index < -0.39 is 5.97 Å². The Morgan fingerprint density at radius 3 is 2.76 bits per heavy atom. The van der Waals surface area contributed by atoms with Gasteiger partial charge in [-0.25, -0.2) is 4.98 Å². The normalized spacial score (nSPS) is 19.6. The molecule has 29 heavy (non-hydrogen) atoms. The second-order valence-corrected chi connectivity index (χ2v) is 8.11. The minimum atomic E-state index is -0.834. The Hall–Kier alpha value is -2.70. The van der Waals surface area contributed by atoms with E-state index in [1.165, 1.54) is 0 Å². The summed E-state index contributed by atoms with van der Waals surface area (Å²) >= 11 is 0. The zero-order valence-corrected chi connectivity index (χ0v) is 16.6. The van der Waals surface area contributed by atoms with Crippen LogP contribution in [-0.4, -0.2) is 44.0 Å². The van der Waals surface area contributed by atoms with Crippen LogP contribution in [0.5, 0.6) is 0 Å². The molecular formula is C22H27N3O4. The Bertz CT molecular complexity index is 997. The number of nitrogens with zero attached hydrogens (tertiary/aromatic N) is 3. The van der Waals surface area contributed by atoms with E-state index >= 15 is 0 Å². The lowest BCUT2D eigenvalue weighted by molar-refractivity contribution is -0.137.